The van der Waals surface area contributed by atoms with Crippen LogP contribution in [-0.4, -0.2) is 35.7 Å². The Balaban J connectivity index is 5.99. The van der Waals surface area contributed by atoms with Crippen molar-refractivity contribution in [3.05, 3.63) is 0 Å². The van der Waals surface area contributed by atoms with Gasteiger partial charge in [0.1, 0.15) is 0 Å². The summed E-state index contributed by atoms with van der Waals surface area (Å²) in [7, 11) is 0. The molecule has 0 aliphatic heterocycles. The van der Waals surface area contributed by atoms with Crippen LogP contribution in [-0.2, 0) is 0 Å². The van der Waals surface area contributed by atoms with E-state index in [9.17, 15) is 48.3 Å². The lowest BCUT2D eigenvalue weighted by molar-refractivity contribution is -0.414. The molecule has 0 atom stereocenters. The van der Waals surface area contributed by atoms with Crippen molar-refractivity contribution in [3.63, 3.8) is 0 Å². The van der Waals surface area contributed by atoms with E-state index in [1.807, 2.05) is 0 Å². The maximum Gasteiger partial charge on any atom is 0.460 e. The quantitative estimate of drug-likeness (QED) is 0.468. The lowest BCUT2D eigenvalue weighted by Crippen LogP contribution is -2.68. The smallest absolute Gasteiger partial charge is 0.382 e. The SMILES string of the molecule is N=C(N)C(F)(F)C(F)(F)C(F)(F)C(F)(F)C(F)(F)F. The molecule has 0 unspecified atom stereocenters. The van der Waals surface area contributed by atoms with Crippen molar-refractivity contribution in [1.29, 1.82) is 5.41 Å². The van der Waals surface area contributed by atoms with Gasteiger partial charge in [-0.3, -0.25) is 5.41 Å². The average Bonchev–Trinajstić information content (AvgIpc) is 2.14. The summed E-state index contributed by atoms with van der Waals surface area (Å²) in [5.41, 5.74) is 3.80. The van der Waals surface area contributed by atoms with Gasteiger partial charge in [0, 0.05) is 0 Å². The predicted molar refractivity (Wildman–Crippen MR) is 37.8 cm³/mol. The lowest BCUT2D eigenvalue weighted by atomic mass is 9.97. The van der Waals surface area contributed by atoms with Crippen molar-refractivity contribution >= 4 is 5.84 Å². The molecule has 0 aromatic heterocycles. The summed E-state index contributed by atoms with van der Waals surface area (Å²) >= 11 is 0. The van der Waals surface area contributed by atoms with E-state index in [0.29, 0.717) is 0 Å². The van der Waals surface area contributed by atoms with Crippen molar-refractivity contribution in [3.8, 4) is 0 Å². The third-order valence-corrected chi connectivity index (χ3v) is 1.88. The molecule has 0 aromatic rings. The van der Waals surface area contributed by atoms with Gasteiger partial charge in [-0.2, -0.15) is 48.3 Å². The van der Waals surface area contributed by atoms with E-state index in [0.717, 1.165) is 0 Å². The highest BCUT2D eigenvalue weighted by Crippen LogP contribution is 2.57. The molecule has 13 heteroatoms. The molecule has 0 heterocycles. The number of halogens is 11. The molecule has 2 nitrogen and oxygen atoms in total. The van der Waals surface area contributed by atoms with E-state index in [2.05, 4.69) is 5.73 Å². The first-order valence-corrected chi connectivity index (χ1v) is 3.87. The molecule has 0 bridgehead atoms. The molecule has 19 heavy (non-hydrogen) atoms. The van der Waals surface area contributed by atoms with E-state index in [1.165, 1.54) is 0 Å². The van der Waals surface area contributed by atoms with Gasteiger partial charge in [-0.1, -0.05) is 0 Å². The molecular weight excluding hydrogens is 309 g/mol. The van der Waals surface area contributed by atoms with Crippen molar-refractivity contribution in [2.75, 3.05) is 0 Å². The van der Waals surface area contributed by atoms with E-state index in [4.69, 9.17) is 5.41 Å². The highest BCUT2D eigenvalue weighted by molar-refractivity contribution is 5.85. The summed E-state index contributed by atoms with van der Waals surface area (Å²) in [6.07, 6.45) is -7.22. The molecule has 0 aliphatic rings. The fourth-order valence-electron chi connectivity index (χ4n) is 0.741. The molecule has 0 rings (SSSR count). The minimum absolute atomic E-state index is 2.99. The van der Waals surface area contributed by atoms with Crippen LogP contribution in [0.2, 0.25) is 0 Å². The predicted octanol–water partition coefficient (Wildman–Crippen LogP) is 3.03. The van der Waals surface area contributed by atoms with E-state index in [1.54, 1.807) is 0 Å². The van der Waals surface area contributed by atoms with Gasteiger partial charge in [-0.25, -0.2) is 0 Å². The van der Waals surface area contributed by atoms with Crippen LogP contribution in [0.1, 0.15) is 0 Å². The van der Waals surface area contributed by atoms with Gasteiger partial charge in [0.15, 0.2) is 5.84 Å². The topological polar surface area (TPSA) is 49.9 Å². The van der Waals surface area contributed by atoms with Crippen molar-refractivity contribution < 1.29 is 48.3 Å². The molecule has 0 aliphatic carbocycles. The average molecular weight is 312 g/mol. The maximum absolute atomic E-state index is 12.6. The van der Waals surface area contributed by atoms with Crippen molar-refractivity contribution in [1.82, 2.24) is 0 Å². The summed E-state index contributed by atoms with van der Waals surface area (Å²) in [6.45, 7) is 0. The first-order valence-electron chi connectivity index (χ1n) is 3.87. The van der Waals surface area contributed by atoms with Crippen molar-refractivity contribution in [2.24, 2.45) is 5.73 Å². The number of nitrogens with one attached hydrogen (secondary N) is 1. The first-order chi connectivity index (χ1) is 7.94. The Labute approximate surface area is 96.4 Å². The number of alkyl halides is 11. The van der Waals surface area contributed by atoms with Gasteiger partial charge in [0.05, 0.1) is 0 Å². The van der Waals surface area contributed by atoms with Crippen LogP contribution in [0.3, 0.4) is 0 Å². The largest absolute Gasteiger partial charge is 0.460 e. The third kappa shape index (κ3) is 2.18. The second-order valence-corrected chi connectivity index (χ2v) is 3.21. The van der Waals surface area contributed by atoms with E-state index < -0.39 is 35.7 Å². The van der Waals surface area contributed by atoms with Gasteiger partial charge in [-0.15, -0.1) is 0 Å². The van der Waals surface area contributed by atoms with Gasteiger partial charge < -0.3 is 5.73 Å². The van der Waals surface area contributed by atoms with Gasteiger partial charge in [0.25, 0.3) is 0 Å². The number of hydrogen-bond donors (Lipinski definition) is 2. The summed E-state index contributed by atoms with van der Waals surface area (Å²) in [5.74, 6) is -31.6. The monoisotopic (exact) mass is 312 g/mol. The van der Waals surface area contributed by atoms with Crippen molar-refractivity contribution in [2.45, 2.75) is 29.9 Å². The van der Waals surface area contributed by atoms with Gasteiger partial charge in [0.2, 0.25) is 0 Å². The summed E-state index contributed by atoms with van der Waals surface area (Å²) in [5, 5.41) is 5.88. The van der Waals surface area contributed by atoms with Crippen LogP contribution in [0.4, 0.5) is 48.3 Å². The molecule has 3 N–H and O–H groups in total. The fourth-order valence-corrected chi connectivity index (χ4v) is 0.741. The lowest BCUT2D eigenvalue weighted by Gasteiger charge is -2.36. The van der Waals surface area contributed by atoms with Crippen LogP contribution >= 0.6 is 0 Å². The molecule has 0 saturated carbocycles. The third-order valence-electron chi connectivity index (χ3n) is 1.88. The molecule has 0 radical (unpaired) electrons. The molecule has 114 valence electrons. The first kappa shape index (κ1) is 17.7. The van der Waals surface area contributed by atoms with Crippen LogP contribution < -0.4 is 5.73 Å². The van der Waals surface area contributed by atoms with Gasteiger partial charge >= 0.3 is 29.9 Å². The zero-order chi connectivity index (χ0) is 16.1. The summed E-state index contributed by atoms with van der Waals surface area (Å²) in [4.78, 5) is 0. The van der Waals surface area contributed by atoms with Crippen LogP contribution in [0.5, 0.6) is 0 Å². The number of hydrogen-bond acceptors (Lipinski definition) is 1. The van der Waals surface area contributed by atoms with E-state index >= 15 is 0 Å². The Hall–Kier alpha value is -1.30. The van der Waals surface area contributed by atoms with Gasteiger partial charge in [-0.05, 0) is 0 Å². The standard InChI is InChI=1S/C6H3F11N2/c7-2(8,1(18)19)3(9,10)4(11,12)5(13,14)6(15,16)17/h(H3,18,19). The normalized spacial score (nSPS) is 15.5. The minimum atomic E-state index is -7.52. The van der Waals surface area contributed by atoms with Crippen LogP contribution in [0.15, 0.2) is 0 Å². The molecule has 0 saturated heterocycles. The zero-order valence-electron chi connectivity index (χ0n) is 8.23. The molecule has 0 spiro atoms. The minimum Gasteiger partial charge on any atom is -0.382 e. The highest BCUT2D eigenvalue weighted by Gasteiger charge is 2.87. The maximum atomic E-state index is 12.6. The van der Waals surface area contributed by atoms with E-state index in [-0.39, 0.29) is 0 Å². The number of amidine groups is 1. The molecule has 0 fully saturated rings. The highest BCUT2D eigenvalue weighted by atomic mass is 19.4. The second-order valence-electron chi connectivity index (χ2n) is 3.21. The Morgan fingerprint density at radius 2 is 0.947 bits per heavy atom. The zero-order valence-corrected chi connectivity index (χ0v) is 8.23. The number of rotatable bonds is 4. The molecular formula is C6H3F11N2. The summed E-state index contributed by atoms with van der Waals surface area (Å²) in [6, 6.07) is 0. The Morgan fingerprint density at radius 1 is 0.632 bits per heavy atom. The Morgan fingerprint density at radius 3 is 1.16 bits per heavy atom. The fraction of sp³-hybridized carbons (Fsp3) is 0.833. The summed E-state index contributed by atoms with van der Waals surface area (Å²) < 4.78 is 134. The van der Waals surface area contributed by atoms with Crippen LogP contribution in [0.25, 0.3) is 0 Å². The van der Waals surface area contributed by atoms with Crippen LogP contribution in [0, 0.1) is 5.41 Å². The molecule has 0 aromatic carbocycles. The molecule has 0 amide bonds. The Bertz CT molecular complexity index is 368. The second kappa shape index (κ2) is 4.10. The number of nitrogens with two attached hydrogens (primary N) is 1. The Kier molecular flexibility index (Phi) is 3.82.